The third kappa shape index (κ3) is 3.53. The van der Waals surface area contributed by atoms with E-state index in [1.165, 1.54) is 6.42 Å². The molecule has 3 heteroatoms. The third-order valence-electron chi connectivity index (χ3n) is 4.05. The Kier molecular flexibility index (Phi) is 5.45. The predicted octanol–water partition coefficient (Wildman–Crippen LogP) is 3.64. The summed E-state index contributed by atoms with van der Waals surface area (Å²) in [6.45, 7) is 5.05. The van der Waals surface area contributed by atoms with E-state index in [-0.39, 0.29) is 12.0 Å². The topological polar surface area (TPSA) is 29.5 Å². The maximum atomic E-state index is 12.7. The number of piperidine rings is 1. The van der Waals surface area contributed by atoms with E-state index in [1.54, 1.807) is 0 Å². The molecule has 1 aliphatic heterocycles. The molecule has 0 spiro atoms. The molecule has 0 aromatic heterocycles. The summed E-state index contributed by atoms with van der Waals surface area (Å²) in [6.07, 6.45) is 4.87. The van der Waals surface area contributed by atoms with E-state index in [4.69, 9.17) is 4.74 Å². The van der Waals surface area contributed by atoms with Crippen molar-refractivity contribution >= 4 is 5.91 Å². The highest BCUT2D eigenvalue weighted by Crippen LogP contribution is 2.22. The first-order valence-electron chi connectivity index (χ1n) is 7.78. The maximum Gasteiger partial charge on any atom is 0.263 e. The lowest BCUT2D eigenvalue weighted by Crippen LogP contribution is -2.49. The fourth-order valence-electron chi connectivity index (χ4n) is 2.87. The van der Waals surface area contributed by atoms with Crippen molar-refractivity contribution in [2.45, 2.75) is 58.1 Å². The van der Waals surface area contributed by atoms with Gasteiger partial charge in [-0.2, -0.15) is 0 Å². The maximum absolute atomic E-state index is 12.7. The second-order valence-electron chi connectivity index (χ2n) is 5.42. The van der Waals surface area contributed by atoms with Crippen LogP contribution in [0.5, 0.6) is 5.75 Å². The van der Waals surface area contributed by atoms with Crippen LogP contribution in [0.2, 0.25) is 0 Å². The zero-order chi connectivity index (χ0) is 14.4. The average Bonchev–Trinajstić information content (AvgIpc) is 2.53. The standard InChI is InChI=1S/C17H25NO2/c1-3-14-10-8-9-13-18(14)17(19)16(4-2)20-15-11-6-5-7-12-15/h5-7,11-12,14,16H,3-4,8-10,13H2,1-2H3/t14-,16-/m1/s1. The molecule has 0 bridgehead atoms. The Bertz CT molecular complexity index is 418. The SMILES string of the molecule is CC[C@@H]1CCCCN1C(=O)[C@@H](CC)Oc1ccccc1. The van der Waals surface area contributed by atoms with Gasteiger partial charge in [0.25, 0.3) is 5.91 Å². The molecule has 1 amide bonds. The van der Waals surface area contributed by atoms with E-state index >= 15 is 0 Å². The summed E-state index contributed by atoms with van der Waals surface area (Å²) in [7, 11) is 0. The molecule has 1 aliphatic rings. The summed E-state index contributed by atoms with van der Waals surface area (Å²) in [5.74, 6) is 0.931. The van der Waals surface area contributed by atoms with Crippen LogP contribution < -0.4 is 4.74 Å². The zero-order valence-electron chi connectivity index (χ0n) is 12.5. The summed E-state index contributed by atoms with van der Waals surface area (Å²) in [5.41, 5.74) is 0. The highest BCUT2D eigenvalue weighted by molar-refractivity contribution is 5.81. The van der Waals surface area contributed by atoms with Crippen molar-refractivity contribution in [3.63, 3.8) is 0 Å². The first-order valence-corrected chi connectivity index (χ1v) is 7.78. The average molecular weight is 275 g/mol. The van der Waals surface area contributed by atoms with Crippen LogP contribution in [0.3, 0.4) is 0 Å². The molecule has 20 heavy (non-hydrogen) atoms. The molecule has 2 atom stereocenters. The molecule has 3 nitrogen and oxygen atoms in total. The Morgan fingerprint density at radius 2 is 2.05 bits per heavy atom. The predicted molar refractivity (Wildman–Crippen MR) is 80.8 cm³/mol. The number of ether oxygens (including phenoxy) is 1. The van der Waals surface area contributed by atoms with Crippen molar-refractivity contribution in [2.24, 2.45) is 0 Å². The van der Waals surface area contributed by atoms with Gasteiger partial charge in [0.05, 0.1) is 0 Å². The van der Waals surface area contributed by atoms with Crippen LogP contribution in [0.15, 0.2) is 30.3 Å². The minimum atomic E-state index is -0.357. The second-order valence-corrected chi connectivity index (χ2v) is 5.42. The van der Waals surface area contributed by atoms with E-state index in [9.17, 15) is 4.79 Å². The first kappa shape index (κ1) is 14.9. The van der Waals surface area contributed by atoms with E-state index in [0.717, 1.165) is 31.6 Å². The Morgan fingerprint density at radius 1 is 1.30 bits per heavy atom. The molecule has 1 fully saturated rings. The first-order chi connectivity index (χ1) is 9.76. The van der Waals surface area contributed by atoms with Crippen molar-refractivity contribution in [1.82, 2.24) is 4.90 Å². The van der Waals surface area contributed by atoms with Crippen LogP contribution in [-0.4, -0.2) is 29.5 Å². The van der Waals surface area contributed by atoms with Crippen LogP contribution in [0.1, 0.15) is 46.0 Å². The van der Waals surface area contributed by atoms with E-state index in [2.05, 4.69) is 6.92 Å². The van der Waals surface area contributed by atoms with Gasteiger partial charge in [-0.1, -0.05) is 32.0 Å². The number of carbonyl (C=O) groups excluding carboxylic acids is 1. The summed E-state index contributed by atoms with van der Waals surface area (Å²) in [5, 5.41) is 0. The van der Waals surface area contributed by atoms with Crippen LogP contribution in [0, 0.1) is 0 Å². The highest BCUT2D eigenvalue weighted by atomic mass is 16.5. The van der Waals surface area contributed by atoms with Gasteiger partial charge in [-0.3, -0.25) is 4.79 Å². The number of nitrogens with zero attached hydrogens (tertiary/aromatic N) is 1. The Morgan fingerprint density at radius 3 is 2.70 bits per heavy atom. The molecular weight excluding hydrogens is 250 g/mol. The van der Waals surface area contributed by atoms with Crippen LogP contribution in [-0.2, 0) is 4.79 Å². The van der Waals surface area contributed by atoms with Crippen LogP contribution >= 0.6 is 0 Å². The molecule has 1 heterocycles. The molecule has 1 saturated heterocycles. The number of amides is 1. The Labute approximate surface area is 121 Å². The molecule has 2 rings (SSSR count). The monoisotopic (exact) mass is 275 g/mol. The molecule has 0 radical (unpaired) electrons. The van der Waals surface area contributed by atoms with E-state index in [0.29, 0.717) is 12.5 Å². The smallest absolute Gasteiger partial charge is 0.263 e. The lowest BCUT2D eigenvalue weighted by Gasteiger charge is -2.37. The minimum absolute atomic E-state index is 0.155. The summed E-state index contributed by atoms with van der Waals surface area (Å²) < 4.78 is 5.88. The van der Waals surface area contributed by atoms with E-state index < -0.39 is 0 Å². The van der Waals surface area contributed by atoms with Crippen molar-refractivity contribution in [3.05, 3.63) is 30.3 Å². The lowest BCUT2D eigenvalue weighted by atomic mass is 9.99. The van der Waals surface area contributed by atoms with Gasteiger partial charge in [0.1, 0.15) is 5.75 Å². The molecule has 0 N–H and O–H groups in total. The largest absolute Gasteiger partial charge is 0.481 e. The number of likely N-dealkylation sites (tertiary alicyclic amines) is 1. The van der Waals surface area contributed by atoms with Gasteiger partial charge >= 0.3 is 0 Å². The number of para-hydroxylation sites is 1. The fraction of sp³-hybridized carbons (Fsp3) is 0.588. The van der Waals surface area contributed by atoms with Gasteiger partial charge in [0, 0.05) is 12.6 Å². The van der Waals surface area contributed by atoms with Crippen molar-refractivity contribution < 1.29 is 9.53 Å². The molecule has 1 aromatic carbocycles. The minimum Gasteiger partial charge on any atom is -0.481 e. The van der Waals surface area contributed by atoms with Crippen LogP contribution in [0.4, 0.5) is 0 Å². The van der Waals surface area contributed by atoms with Gasteiger partial charge in [-0.15, -0.1) is 0 Å². The number of hydrogen-bond acceptors (Lipinski definition) is 2. The van der Waals surface area contributed by atoms with Crippen molar-refractivity contribution in [3.8, 4) is 5.75 Å². The molecule has 1 aromatic rings. The molecular formula is C17H25NO2. The van der Waals surface area contributed by atoms with Crippen molar-refractivity contribution in [2.75, 3.05) is 6.54 Å². The molecule has 0 saturated carbocycles. The lowest BCUT2D eigenvalue weighted by molar-refractivity contribution is -0.142. The zero-order valence-corrected chi connectivity index (χ0v) is 12.5. The number of hydrogen-bond donors (Lipinski definition) is 0. The fourth-order valence-corrected chi connectivity index (χ4v) is 2.87. The summed E-state index contributed by atoms with van der Waals surface area (Å²) in [6, 6.07) is 10.0. The van der Waals surface area contributed by atoms with Gasteiger partial charge in [-0.25, -0.2) is 0 Å². The number of carbonyl (C=O) groups is 1. The summed E-state index contributed by atoms with van der Waals surface area (Å²) >= 11 is 0. The highest BCUT2D eigenvalue weighted by Gasteiger charge is 2.30. The van der Waals surface area contributed by atoms with E-state index in [1.807, 2.05) is 42.2 Å². The van der Waals surface area contributed by atoms with Gasteiger partial charge in [-0.05, 0) is 44.2 Å². The van der Waals surface area contributed by atoms with Gasteiger partial charge in [0.15, 0.2) is 6.10 Å². The van der Waals surface area contributed by atoms with Gasteiger partial charge < -0.3 is 9.64 Å². The normalized spacial score (nSPS) is 20.5. The van der Waals surface area contributed by atoms with Crippen LogP contribution in [0.25, 0.3) is 0 Å². The Balaban J connectivity index is 2.04. The van der Waals surface area contributed by atoms with Crippen molar-refractivity contribution in [1.29, 1.82) is 0 Å². The summed E-state index contributed by atoms with van der Waals surface area (Å²) in [4.78, 5) is 14.7. The molecule has 110 valence electrons. The third-order valence-corrected chi connectivity index (χ3v) is 4.05. The number of rotatable bonds is 5. The molecule has 0 unspecified atom stereocenters. The Hall–Kier alpha value is -1.51. The molecule has 0 aliphatic carbocycles. The second kappa shape index (κ2) is 7.32. The van der Waals surface area contributed by atoms with Gasteiger partial charge in [0.2, 0.25) is 0 Å². The number of benzene rings is 1. The quantitative estimate of drug-likeness (QED) is 0.821.